The predicted octanol–water partition coefficient (Wildman–Crippen LogP) is 5.41. The Morgan fingerprint density at radius 3 is 2.43 bits per heavy atom. The molecule has 3 nitrogen and oxygen atoms in total. The van der Waals surface area contributed by atoms with E-state index < -0.39 is 12.1 Å². The third-order valence-corrected chi connectivity index (χ3v) is 3.63. The van der Waals surface area contributed by atoms with Gasteiger partial charge in [0.1, 0.15) is 0 Å². The zero-order valence-electron chi connectivity index (χ0n) is 14.6. The lowest BCUT2D eigenvalue weighted by molar-refractivity contribution is -0.137. The summed E-state index contributed by atoms with van der Waals surface area (Å²) in [6, 6.07) is 0. The highest BCUT2D eigenvalue weighted by Gasteiger charge is 2.01. The summed E-state index contributed by atoms with van der Waals surface area (Å²) in [5.41, 5.74) is 0. The Bertz CT molecular complexity index is 356. The summed E-state index contributed by atoms with van der Waals surface area (Å²) in [4.78, 5) is 10.3. The fourth-order valence-corrected chi connectivity index (χ4v) is 2.24. The van der Waals surface area contributed by atoms with Crippen LogP contribution in [0.1, 0.15) is 77.6 Å². The molecule has 0 aromatic carbocycles. The number of carbonyl (C=O) groups is 1. The van der Waals surface area contributed by atoms with Crippen LogP contribution in [0.4, 0.5) is 0 Å². The summed E-state index contributed by atoms with van der Waals surface area (Å²) in [5, 5.41) is 18.1. The summed E-state index contributed by atoms with van der Waals surface area (Å²) in [6.07, 6.45) is 22.6. The van der Waals surface area contributed by atoms with Gasteiger partial charge in [-0.3, -0.25) is 4.79 Å². The first kappa shape index (κ1) is 21.6. The Labute approximate surface area is 141 Å². The van der Waals surface area contributed by atoms with Gasteiger partial charge in [0.2, 0.25) is 0 Å². The first-order valence-electron chi connectivity index (χ1n) is 9.05. The topological polar surface area (TPSA) is 57.5 Å². The molecule has 0 bridgehead atoms. The van der Waals surface area contributed by atoms with E-state index >= 15 is 0 Å². The average Bonchev–Trinajstić information content (AvgIpc) is 2.51. The molecule has 0 rings (SSSR count). The zero-order chi connectivity index (χ0) is 17.2. The zero-order valence-corrected chi connectivity index (χ0v) is 14.6. The van der Waals surface area contributed by atoms with Gasteiger partial charge in [-0.2, -0.15) is 0 Å². The van der Waals surface area contributed by atoms with E-state index in [0.717, 1.165) is 12.8 Å². The van der Waals surface area contributed by atoms with Gasteiger partial charge in [0.15, 0.2) is 0 Å². The van der Waals surface area contributed by atoms with Crippen LogP contribution in [0.15, 0.2) is 36.5 Å². The molecule has 23 heavy (non-hydrogen) atoms. The summed E-state index contributed by atoms with van der Waals surface area (Å²) >= 11 is 0. The Balaban J connectivity index is 3.49. The van der Waals surface area contributed by atoms with Crippen molar-refractivity contribution in [2.24, 2.45) is 0 Å². The number of aliphatic hydroxyl groups is 1. The molecule has 3 heteroatoms. The maximum Gasteiger partial charge on any atom is 0.303 e. The molecular weight excluding hydrogens is 288 g/mol. The number of aliphatic hydroxyl groups excluding tert-OH is 1. The summed E-state index contributed by atoms with van der Waals surface area (Å²) in [5.74, 6) is -0.811. The second-order valence-corrected chi connectivity index (χ2v) is 5.93. The third-order valence-electron chi connectivity index (χ3n) is 3.63. The minimum absolute atomic E-state index is 0.115. The second kappa shape index (κ2) is 17.0. The van der Waals surface area contributed by atoms with Crippen LogP contribution in [0.3, 0.4) is 0 Å². The lowest BCUT2D eigenvalue weighted by Crippen LogP contribution is -2.03. The largest absolute Gasteiger partial charge is 0.481 e. The van der Waals surface area contributed by atoms with Crippen LogP contribution < -0.4 is 0 Å². The molecule has 2 N–H and O–H groups in total. The maximum atomic E-state index is 10.3. The van der Waals surface area contributed by atoms with Crippen molar-refractivity contribution in [3.05, 3.63) is 36.5 Å². The normalized spacial score (nSPS) is 13.5. The monoisotopic (exact) mass is 322 g/mol. The van der Waals surface area contributed by atoms with Crippen molar-refractivity contribution in [2.45, 2.75) is 83.7 Å². The van der Waals surface area contributed by atoms with Crippen LogP contribution in [-0.2, 0) is 4.79 Å². The van der Waals surface area contributed by atoms with Gasteiger partial charge in [-0.05, 0) is 32.1 Å². The molecule has 0 aliphatic carbocycles. The van der Waals surface area contributed by atoms with Crippen LogP contribution in [0.2, 0.25) is 0 Å². The molecule has 0 fully saturated rings. The van der Waals surface area contributed by atoms with Crippen LogP contribution >= 0.6 is 0 Å². The Morgan fingerprint density at radius 1 is 0.957 bits per heavy atom. The lowest BCUT2D eigenvalue weighted by atomic mass is 10.1. The van der Waals surface area contributed by atoms with Crippen LogP contribution in [-0.4, -0.2) is 22.3 Å². The molecular formula is C20H34O3. The van der Waals surface area contributed by atoms with Crippen LogP contribution in [0.25, 0.3) is 0 Å². The minimum Gasteiger partial charge on any atom is -0.481 e. The van der Waals surface area contributed by atoms with Gasteiger partial charge in [0.25, 0.3) is 0 Å². The van der Waals surface area contributed by atoms with Crippen molar-refractivity contribution in [3.63, 3.8) is 0 Å². The predicted molar refractivity (Wildman–Crippen MR) is 97.5 cm³/mol. The smallest absolute Gasteiger partial charge is 0.303 e. The van der Waals surface area contributed by atoms with Gasteiger partial charge in [-0.15, -0.1) is 0 Å². The highest BCUT2D eigenvalue weighted by molar-refractivity contribution is 5.66. The fraction of sp³-hybridized carbons (Fsp3) is 0.650. The Morgan fingerprint density at radius 2 is 1.70 bits per heavy atom. The quantitative estimate of drug-likeness (QED) is 0.241. The van der Waals surface area contributed by atoms with E-state index in [1.165, 1.54) is 38.5 Å². The van der Waals surface area contributed by atoms with E-state index in [2.05, 4.69) is 25.2 Å². The molecule has 0 aliphatic rings. The Hall–Kier alpha value is -1.35. The van der Waals surface area contributed by atoms with Gasteiger partial charge in [-0.1, -0.05) is 75.5 Å². The number of hydrogen-bond donors (Lipinski definition) is 2. The van der Waals surface area contributed by atoms with Crippen molar-refractivity contribution in [1.82, 2.24) is 0 Å². The number of carboxylic acid groups (broad SMARTS) is 1. The molecule has 0 aliphatic heterocycles. The van der Waals surface area contributed by atoms with Gasteiger partial charge in [-0.25, -0.2) is 0 Å². The lowest BCUT2D eigenvalue weighted by Gasteiger charge is -2.02. The van der Waals surface area contributed by atoms with E-state index in [4.69, 9.17) is 5.11 Å². The SMILES string of the molecule is CCCCCCCC/C=C\C/C=C/C=C\[C@H](O)CCCC(=O)O. The molecule has 132 valence electrons. The van der Waals surface area contributed by atoms with Crippen molar-refractivity contribution in [1.29, 1.82) is 0 Å². The molecule has 0 saturated heterocycles. The molecule has 0 spiro atoms. The molecule has 0 unspecified atom stereocenters. The maximum absolute atomic E-state index is 10.3. The van der Waals surface area contributed by atoms with E-state index in [9.17, 15) is 9.90 Å². The first-order valence-corrected chi connectivity index (χ1v) is 9.05. The number of carboxylic acids is 1. The molecule has 0 saturated carbocycles. The third kappa shape index (κ3) is 18.6. The molecule has 0 aromatic heterocycles. The summed E-state index contributed by atoms with van der Waals surface area (Å²) < 4.78 is 0. The molecule has 0 heterocycles. The first-order chi connectivity index (χ1) is 11.2. The Kier molecular flexibility index (Phi) is 16.0. The highest BCUT2D eigenvalue weighted by Crippen LogP contribution is 2.07. The standard InChI is InChI=1S/C20H34O3/c1-2-3-4-5-6-7-8-9-10-11-12-13-14-16-19(21)17-15-18-20(22)23/h9-10,12-14,16,19,21H,2-8,11,15,17-18H2,1H3,(H,22,23)/b10-9-,13-12+,16-14-/t19-/m0/s1. The minimum atomic E-state index is -0.811. The van der Waals surface area contributed by atoms with Crippen molar-refractivity contribution < 1.29 is 15.0 Å². The van der Waals surface area contributed by atoms with Crippen molar-refractivity contribution >= 4 is 5.97 Å². The number of hydrogen-bond acceptors (Lipinski definition) is 2. The van der Waals surface area contributed by atoms with Gasteiger partial charge in [0, 0.05) is 6.42 Å². The number of allylic oxidation sites excluding steroid dienone is 5. The van der Waals surface area contributed by atoms with Crippen molar-refractivity contribution in [2.75, 3.05) is 0 Å². The number of unbranched alkanes of at least 4 members (excludes halogenated alkanes) is 6. The fourth-order valence-electron chi connectivity index (χ4n) is 2.24. The number of aliphatic carboxylic acids is 1. The summed E-state index contributed by atoms with van der Waals surface area (Å²) in [7, 11) is 0. The number of rotatable bonds is 15. The molecule has 0 radical (unpaired) electrons. The highest BCUT2D eigenvalue weighted by atomic mass is 16.4. The van der Waals surface area contributed by atoms with Gasteiger partial charge >= 0.3 is 5.97 Å². The van der Waals surface area contributed by atoms with E-state index in [0.29, 0.717) is 12.8 Å². The van der Waals surface area contributed by atoms with Gasteiger partial charge < -0.3 is 10.2 Å². The summed E-state index contributed by atoms with van der Waals surface area (Å²) in [6.45, 7) is 2.24. The van der Waals surface area contributed by atoms with Gasteiger partial charge in [0.05, 0.1) is 6.10 Å². The average molecular weight is 322 g/mol. The van der Waals surface area contributed by atoms with Crippen LogP contribution in [0, 0.1) is 0 Å². The van der Waals surface area contributed by atoms with Crippen molar-refractivity contribution in [3.8, 4) is 0 Å². The molecule has 1 atom stereocenters. The van der Waals surface area contributed by atoms with E-state index in [-0.39, 0.29) is 6.42 Å². The van der Waals surface area contributed by atoms with Crippen LogP contribution in [0.5, 0.6) is 0 Å². The second-order valence-electron chi connectivity index (χ2n) is 5.93. The van der Waals surface area contributed by atoms with E-state index in [1.807, 2.05) is 12.2 Å². The molecule has 0 aromatic rings. The van der Waals surface area contributed by atoms with E-state index in [1.54, 1.807) is 6.08 Å². The molecule has 0 amide bonds.